The first kappa shape index (κ1) is 13.4. The van der Waals surface area contributed by atoms with Crippen molar-refractivity contribution in [3.8, 4) is 0 Å². The predicted molar refractivity (Wildman–Crippen MR) is 82.0 cm³/mol. The summed E-state index contributed by atoms with van der Waals surface area (Å²) >= 11 is 4.98. The van der Waals surface area contributed by atoms with Gasteiger partial charge in [-0.1, -0.05) is 40.5 Å². The minimum atomic E-state index is -0.147. The van der Waals surface area contributed by atoms with Gasteiger partial charge in [0.25, 0.3) is 0 Å². The summed E-state index contributed by atoms with van der Waals surface area (Å²) in [5.74, 6) is 0.475. The SMILES string of the molecule is Fc1ccc(Br)cc1CSC1=N[C@@H]2CCCC[C@H]2N1. The van der Waals surface area contributed by atoms with Crippen molar-refractivity contribution in [2.75, 3.05) is 0 Å². The van der Waals surface area contributed by atoms with E-state index in [1.165, 1.54) is 31.7 Å². The maximum absolute atomic E-state index is 13.6. The van der Waals surface area contributed by atoms with Crippen LogP contribution in [0, 0.1) is 5.82 Å². The van der Waals surface area contributed by atoms with E-state index in [1.54, 1.807) is 17.8 Å². The number of hydrogen-bond acceptors (Lipinski definition) is 3. The monoisotopic (exact) mass is 342 g/mol. The highest BCUT2D eigenvalue weighted by molar-refractivity contribution is 9.10. The highest BCUT2D eigenvalue weighted by atomic mass is 79.9. The van der Waals surface area contributed by atoms with Crippen LogP contribution >= 0.6 is 27.7 Å². The number of halogens is 2. The zero-order chi connectivity index (χ0) is 13.2. The number of aliphatic imine (C=N–C) groups is 1. The van der Waals surface area contributed by atoms with Crippen LogP contribution in [0.1, 0.15) is 31.2 Å². The molecule has 2 nitrogen and oxygen atoms in total. The Labute approximate surface area is 125 Å². The van der Waals surface area contributed by atoms with E-state index in [-0.39, 0.29) is 5.82 Å². The highest BCUT2D eigenvalue weighted by Gasteiger charge is 2.30. The molecule has 0 radical (unpaired) electrons. The molecule has 1 aromatic rings. The van der Waals surface area contributed by atoms with Gasteiger partial charge in [-0.3, -0.25) is 4.99 Å². The Kier molecular flexibility index (Phi) is 4.12. The largest absolute Gasteiger partial charge is 0.360 e. The van der Waals surface area contributed by atoms with Gasteiger partial charge in [0.1, 0.15) is 5.82 Å². The second kappa shape index (κ2) is 5.83. The van der Waals surface area contributed by atoms with E-state index >= 15 is 0 Å². The summed E-state index contributed by atoms with van der Waals surface area (Å²) in [6.07, 6.45) is 4.98. The van der Waals surface area contributed by atoms with E-state index in [9.17, 15) is 4.39 Å². The van der Waals surface area contributed by atoms with Crippen molar-refractivity contribution in [3.05, 3.63) is 34.1 Å². The fourth-order valence-corrected chi connectivity index (χ4v) is 4.03. The van der Waals surface area contributed by atoms with Crippen LogP contribution < -0.4 is 5.32 Å². The number of fused-ring (bicyclic) bond motifs is 1. The zero-order valence-corrected chi connectivity index (χ0v) is 12.9. The third-order valence-corrected chi connectivity index (χ3v) is 5.14. The molecule has 1 aromatic carbocycles. The molecule has 2 atom stereocenters. The molecule has 0 unspecified atom stereocenters. The van der Waals surface area contributed by atoms with E-state index in [2.05, 4.69) is 21.2 Å². The molecule has 1 aliphatic heterocycles. The van der Waals surface area contributed by atoms with Crippen molar-refractivity contribution < 1.29 is 4.39 Å². The molecule has 0 saturated heterocycles. The fraction of sp³-hybridized carbons (Fsp3) is 0.500. The Bertz CT molecular complexity index is 506. The first-order chi connectivity index (χ1) is 9.22. The van der Waals surface area contributed by atoms with Crippen LogP contribution in [-0.4, -0.2) is 17.3 Å². The van der Waals surface area contributed by atoms with Gasteiger partial charge in [0.2, 0.25) is 0 Å². The normalized spacial score (nSPS) is 25.7. The van der Waals surface area contributed by atoms with E-state index in [0.29, 0.717) is 17.8 Å². The maximum Gasteiger partial charge on any atom is 0.157 e. The number of nitrogens with one attached hydrogen (secondary N) is 1. The van der Waals surface area contributed by atoms with Crippen LogP contribution in [0.3, 0.4) is 0 Å². The molecule has 102 valence electrons. The van der Waals surface area contributed by atoms with Crippen LogP contribution in [-0.2, 0) is 5.75 Å². The van der Waals surface area contributed by atoms with Gasteiger partial charge in [0, 0.05) is 10.2 Å². The standard InChI is InChI=1S/C14H16BrFN2S/c15-10-5-6-11(16)9(7-10)8-19-14-17-12-3-1-2-4-13(12)18-14/h5-7,12-13H,1-4,8H2,(H,17,18)/t12-,13-/m1/s1. The summed E-state index contributed by atoms with van der Waals surface area (Å²) in [7, 11) is 0. The molecule has 1 aliphatic carbocycles. The summed E-state index contributed by atoms with van der Waals surface area (Å²) in [5.41, 5.74) is 0.721. The number of nitrogens with zero attached hydrogens (tertiary/aromatic N) is 1. The third kappa shape index (κ3) is 3.14. The van der Waals surface area contributed by atoms with Gasteiger partial charge >= 0.3 is 0 Å². The van der Waals surface area contributed by atoms with Gasteiger partial charge in [0.05, 0.1) is 12.1 Å². The molecule has 2 aliphatic rings. The number of rotatable bonds is 2. The molecule has 1 heterocycles. The van der Waals surface area contributed by atoms with Crippen molar-refractivity contribution in [2.24, 2.45) is 4.99 Å². The molecule has 19 heavy (non-hydrogen) atoms. The summed E-state index contributed by atoms with van der Waals surface area (Å²) < 4.78 is 14.6. The molecule has 1 saturated carbocycles. The van der Waals surface area contributed by atoms with Gasteiger partial charge in [-0.15, -0.1) is 0 Å². The summed E-state index contributed by atoms with van der Waals surface area (Å²) in [5, 5.41) is 4.46. The first-order valence-electron chi connectivity index (χ1n) is 6.63. The molecular weight excluding hydrogens is 327 g/mol. The lowest BCUT2D eigenvalue weighted by molar-refractivity contribution is 0.385. The number of amidine groups is 1. The maximum atomic E-state index is 13.6. The van der Waals surface area contributed by atoms with E-state index in [4.69, 9.17) is 4.99 Å². The van der Waals surface area contributed by atoms with Gasteiger partial charge in [0.15, 0.2) is 5.17 Å². The molecule has 0 spiro atoms. The summed E-state index contributed by atoms with van der Waals surface area (Å²) in [6.45, 7) is 0. The zero-order valence-electron chi connectivity index (χ0n) is 10.5. The lowest BCUT2D eigenvalue weighted by Gasteiger charge is -2.23. The molecule has 1 fully saturated rings. The predicted octanol–water partition coefficient (Wildman–Crippen LogP) is 4.09. The minimum Gasteiger partial charge on any atom is -0.360 e. The molecule has 0 bridgehead atoms. The second-order valence-electron chi connectivity index (χ2n) is 5.06. The Balaban J connectivity index is 1.62. The van der Waals surface area contributed by atoms with Gasteiger partial charge in [-0.2, -0.15) is 0 Å². The minimum absolute atomic E-state index is 0.147. The number of thioether (sulfide) groups is 1. The van der Waals surface area contributed by atoms with Crippen LogP contribution in [0.5, 0.6) is 0 Å². The van der Waals surface area contributed by atoms with E-state index in [0.717, 1.165) is 15.2 Å². The number of hydrogen-bond donors (Lipinski definition) is 1. The lowest BCUT2D eigenvalue weighted by atomic mass is 9.92. The Morgan fingerprint density at radius 1 is 1.37 bits per heavy atom. The molecule has 1 N–H and O–H groups in total. The van der Waals surface area contributed by atoms with E-state index in [1.807, 2.05) is 6.07 Å². The Hall–Kier alpha value is -0.550. The average molecular weight is 343 g/mol. The smallest absolute Gasteiger partial charge is 0.157 e. The van der Waals surface area contributed by atoms with Crippen LogP contribution in [0.2, 0.25) is 0 Å². The van der Waals surface area contributed by atoms with Crippen molar-refractivity contribution in [3.63, 3.8) is 0 Å². The molecule has 0 aromatic heterocycles. The van der Waals surface area contributed by atoms with Crippen molar-refractivity contribution in [1.29, 1.82) is 0 Å². The second-order valence-corrected chi connectivity index (χ2v) is 6.94. The molecule has 5 heteroatoms. The van der Waals surface area contributed by atoms with Gasteiger partial charge in [-0.05, 0) is 36.6 Å². The summed E-state index contributed by atoms with van der Waals surface area (Å²) in [6, 6.07) is 6.03. The Morgan fingerprint density at radius 2 is 2.21 bits per heavy atom. The number of benzene rings is 1. The van der Waals surface area contributed by atoms with Gasteiger partial charge < -0.3 is 5.32 Å². The first-order valence-corrected chi connectivity index (χ1v) is 8.41. The van der Waals surface area contributed by atoms with Crippen molar-refractivity contribution in [2.45, 2.75) is 43.5 Å². The van der Waals surface area contributed by atoms with E-state index < -0.39 is 0 Å². The van der Waals surface area contributed by atoms with Crippen LogP contribution in [0.25, 0.3) is 0 Å². The summed E-state index contributed by atoms with van der Waals surface area (Å²) in [4.78, 5) is 4.71. The molecular formula is C14H16BrFN2S. The van der Waals surface area contributed by atoms with Crippen molar-refractivity contribution in [1.82, 2.24) is 5.32 Å². The van der Waals surface area contributed by atoms with Crippen molar-refractivity contribution >= 4 is 32.9 Å². The fourth-order valence-electron chi connectivity index (χ4n) is 2.66. The topological polar surface area (TPSA) is 24.4 Å². The molecule has 0 amide bonds. The van der Waals surface area contributed by atoms with Crippen LogP contribution in [0.4, 0.5) is 4.39 Å². The third-order valence-electron chi connectivity index (χ3n) is 3.69. The average Bonchev–Trinajstić information content (AvgIpc) is 2.82. The quantitative estimate of drug-likeness (QED) is 0.875. The Morgan fingerprint density at radius 3 is 3.05 bits per heavy atom. The van der Waals surface area contributed by atoms with Gasteiger partial charge in [-0.25, -0.2) is 4.39 Å². The lowest BCUT2D eigenvalue weighted by Crippen LogP contribution is -2.36. The molecule has 3 rings (SSSR count). The highest BCUT2D eigenvalue weighted by Crippen LogP contribution is 2.28. The van der Waals surface area contributed by atoms with Crippen LogP contribution in [0.15, 0.2) is 27.7 Å².